The molecule has 1 atom stereocenters. The molecule has 3 rings (SSSR count). The fourth-order valence-electron chi connectivity index (χ4n) is 2.36. The molecule has 0 radical (unpaired) electrons. The van der Waals surface area contributed by atoms with E-state index in [1.807, 2.05) is 7.05 Å². The largest absolute Gasteiger partial charge is 0.319 e. The Balaban J connectivity index is 1.76. The maximum atomic E-state index is 4.64. The molecule has 15 heavy (non-hydrogen) atoms. The van der Waals surface area contributed by atoms with Crippen LogP contribution in [-0.4, -0.2) is 28.4 Å². The summed E-state index contributed by atoms with van der Waals surface area (Å²) in [5.41, 5.74) is 0. The van der Waals surface area contributed by atoms with Gasteiger partial charge in [-0.15, -0.1) is 0 Å². The van der Waals surface area contributed by atoms with Crippen molar-refractivity contribution in [2.45, 2.75) is 38.1 Å². The molecule has 0 spiro atoms. The summed E-state index contributed by atoms with van der Waals surface area (Å²) in [6.07, 6.45) is 4.95. The average molecular weight is 206 g/mol. The SMILES string of the molecule is CNCC1CCc2nc(C3CC3)nn2C1. The Hall–Kier alpha value is -0.900. The summed E-state index contributed by atoms with van der Waals surface area (Å²) in [7, 11) is 2.02. The molecule has 0 saturated heterocycles. The minimum absolute atomic E-state index is 0.686. The molecule has 1 aliphatic heterocycles. The molecule has 1 aromatic rings. The Labute approximate surface area is 90.1 Å². The summed E-state index contributed by atoms with van der Waals surface area (Å²) < 4.78 is 2.14. The first-order valence-electron chi connectivity index (χ1n) is 5.95. The van der Waals surface area contributed by atoms with E-state index in [0.717, 1.165) is 31.3 Å². The second kappa shape index (κ2) is 3.59. The Bertz CT molecular complexity index is 353. The van der Waals surface area contributed by atoms with Gasteiger partial charge in [0.1, 0.15) is 5.82 Å². The van der Waals surface area contributed by atoms with Gasteiger partial charge < -0.3 is 5.32 Å². The molecule has 1 aliphatic carbocycles. The smallest absolute Gasteiger partial charge is 0.154 e. The highest BCUT2D eigenvalue weighted by atomic mass is 15.4. The predicted molar refractivity (Wildman–Crippen MR) is 57.7 cm³/mol. The average Bonchev–Trinajstić information content (AvgIpc) is 2.99. The number of nitrogens with one attached hydrogen (secondary N) is 1. The molecule has 82 valence electrons. The van der Waals surface area contributed by atoms with Crippen LogP contribution in [0.1, 0.15) is 36.8 Å². The van der Waals surface area contributed by atoms with Gasteiger partial charge in [-0.25, -0.2) is 9.67 Å². The number of rotatable bonds is 3. The van der Waals surface area contributed by atoms with Gasteiger partial charge in [0, 0.05) is 18.9 Å². The van der Waals surface area contributed by atoms with Crippen molar-refractivity contribution in [3.8, 4) is 0 Å². The van der Waals surface area contributed by atoms with Crippen LogP contribution in [0.25, 0.3) is 0 Å². The molecule has 1 unspecified atom stereocenters. The van der Waals surface area contributed by atoms with Crippen LogP contribution in [0.2, 0.25) is 0 Å². The number of fused-ring (bicyclic) bond motifs is 1. The van der Waals surface area contributed by atoms with E-state index < -0.39 is 0 Å². The maximum absolute atomic E-state index is 4.64. The molecule has 0 aromatic carbocycles. The quantitative estimate of drug-likeness (QED) is 0.800. The van der Waals surface area contributed by atoms with Crippen LogP contribution in [0.5, 0.6) is 0 Å². The lowest BCUT2D eigenvalue weighted by atomic mass is 10.00. The van der Waals surface area contributed by atoms with Crippen LogP contribution in [-0.2, 0) is 13.0 Å². The molecule has 4 heteroatoms. The van der Waals surface area contributed by atoms with Gasteiger partial charge in [-0.05, 0) is 38.8 Å². The van der Waals surface area contributed by atoms with Crippen molar-refractivity contribution in [2.24, 2.45) is 5.92 Å². The number of hydrogen-bond donors (Lipinski definition) is 1. The van der Waals surface area contributed by atoms with Gasteiger partial charge in [-0.1, -0.05) is 0 Å². The first-order chi connectivity index (χ1) is 7.36. The summed E-state index contributed by atoms with van der Waals surface area (Å²) in [4.78, 5) is 4.64. The first-order valence-corrected chi connectivity index (χ1v) is 5.95. The topological polar surface area (TPSA) is 42.7 Å². The molecule has 1 saturated carbocycles. The van der Waals surface area contributed by atoms with Gasteiger partial charge >= 0.3 is 0 Å². The molecular formula is C11H18N4. The fourth-order valence-corrected chi connectivity index (χ4v) is 2.36. The van der Waals surface area contributed by atoms with Gasteiger partial charge in [-0.3, -0.25) is 0 Å². The third-order valence-corrected chi connectivity index (χ3v) is 3.41. The monoisotopic (exact) mass is 206 g/mol. The number of hydrogen-bond acceptors (Lipinski definition) is 3. The second-order valence-electron chi connectivity index (χ2n) is 4.80. The molecule has 4 nitrogen and oxygen atoms in total. The van der Waals surface area contributed by atoms with Crippen LogP contribution in [0.4, 0.5) is 0 Å². The second-order valence-corrected chi connectivity index (χ2v) is 4.80. The van der Waals surface area contributed by atoms with E-state index >= 15 is 0 Å². The minimum atomic E-state index is 0.686. The zero-order valence-electron chi connectivity index (χ0n) is 9.24. The van der Waals surface area contributed by atoms with Crippen molar-refractivity contribution in [1.82, 2.24) is 20.1 Å². The van der Waals surface area contributed by atoms with E-state index in [0.29, 0.717) is 5.92 Å². The standard InChI is InChI=1S/C11H18N4/c1-12-6-8-2-5-10-13-11(9-3-4-9)14-15(10)7-8/h8-9,12H,2-7H2,1H3. The van der Waals surface area contributed by atoms with Crippen molar-refractivity contribution in [3.63, 3.8) is 0 Å². The Kier molecular flexibility index (Phi) is 2.24. The van der Waals surface area contributed by atoms with Crippen LogP contribution in [0.15, 0.2) is 0 Å². The summed E-state index contributed by atoms with van der Waals surface area (Å²) in [5, 5.41) is 7.87. The van der Waals surface area contributed by atoms with Crippen LogP contribution in [0.3, 0.4) is 0 Å². The van der Waals surface area contributed by atoms with Gasteiger partial charge in [0.05, 0.1) is 0 Å². The summed E-state index contributed by atoms with van der Waals surface area (Å²) >= 11 is 0. The normalized spacial score (nSPS) is 25.3. The Morgan fingerprint density at radius 3 is 3.00 bits per heavy atom. The van der Waals surface area contributed by atoms with Crippen molar-refractivity contribution < 1.29 is 0 Å². The lowest BCUT2D eigenvalue weighted by molar-refractivity contribution is 0.335. The Morgan fingerprint density at radius 2 is 2.27 bits per heavy atom. The maximum Gasteiger partial charge on any atom is 0.154 e. The zero-order valence-corrected chi connectivity index (χ0v) is 9.24. The lowest BCUT2D eigenvalue weighted by Gasteiger charge is -2.21. The van der Waals surface area contributed by atoms with E-state index in [2.05, 4.69) is 20.1 Å². The molecule has 0 bridgehead atoms. The van der Waals surface area contributed by atoms with Crippen molar-refractivity contribution >= 4 is 0 Å². The van der Waals surface area contributed by atoms with Gasteiger partial charge in [-0.2, -0.15) is 5.10 Å². The third-order valence-electron chi connectivity index (χ3n) is 3.41. The highest BCUT2D eigenvalue weighted by Gasteiger charge is 2.30. The summed E-state index contributed by atoms with van der Waals surface area (Å²) in [5.74, 6) is 3.74. The van der Waals surface area contributed by atoms with Gasteiger partial charge in [0.25, 0.3) is 0 Å². The van der Waals surface area contributed by atoms with Crippen LogP contribution in [0, 0.1) is 5.92 Å². The van der Waals surface area contributed by atoms with Gasteiger partial charge in [0.2, 0.25) is 0 Å². The third kappa shape index (κ3) is 1.78. The van der Waals surface area contributed by atoms with Crippen molar-refractivity contribution in [1.29, 1.82) is 0 Å². The van der Waals surface area contributed by atoms with Crippen LogP contribution >= 0.6 is 0 Å². The van der Waals surface area contributed by atoms with E-state index in [1.165, 1.54) is 25.1 Å². The van der Waals surface area contributed by atoms with Crippen molar-refractivity contribution in [3.05, 3.63) is 11.6 Å². The zero-order chi connectivity index (χ0) is 10.3. The molecule has 2 heterocycles. The van der Waals surface area contributed by atoms with Crippen LogP contribution < -0.4 is 5.32 Å². The lowest BCUT2D eigenvalue weighted by Crippen LogP contribution is -2.28. The van der Waals surface area contributed by atoms with Gasteiger partial charge in [0.15, 0.2) is 5.82 Å². The van der Waals surface area contributed by atoms with Crippen molar-refractivity contribution in [2.75, 3.05) is 13.6 Å². The summed E-state index contributed by atoms with van der Waals surface area (Å²) in [6.45, 7) is 2.15. The molecule has 1 fully saturated rings. The molecule has 0 amide bonds. The number of aryl methyl sites for hydroxylation is 1. The summed E-state index contributed by atoms with van der Waals surface area (Å²) in [6, 6.07) is 0. The highest BCUT2D eigenvalue weighted by molar-refractivity contribution is 5.07. The predicted octanol–water partition coefficient (Wildman–Crippen LogP) is 0.937. The first kappa shape index (κ1) is 9.33. The fraction of sp³-hybridized carbons (Fsp3) is 0.818. The number of aromatic nitrogens is 3. The highest BCUT2D eigenvalue weighted by Crippen LogP contribution is 2.38. The molecular weight excluding hydrogens is 188 g/mol. The number of nitrogens with zero attached hydrogens (tertiary/aromatic N) is 3. The molecule has 1 N–H and O–H groups in total. The van der Waals surface area contributed by atoms with E-state index in [4.69, 9.17) is 0 Å². The van der Waals surface area contributed by atoms with E-state index in [1.54, 1.807) is 0 Å². The minimum Gasteiger partial charge on any atom is -0.319 e. The van der Waals surface area contributed by atoms with E-state index in [9.17, 15) is 0 Å². The Morgan fingerprint density at radius 1 is 1.40 bits per heavy atom. The molecule has 1 aromatic heterocycles. The van der Waals surface area contributed by atoms with E-state index in [-0.39, 0.29) is 0 Å². The molecule has 2 aliphatic rings.